The zero-order valence-corrected chi connectivity index (χ0v) is 17.4. The molecule has 0 radical (unpaired) electrons. The number of rotatable bonds is 4. The summed E-state index contributed by atoms with van der Waals surface area (Å²) in [5.41, 5.74) is 1.64. The van der Waals surface area contributed by atoms with Crippen LogP contribution >= 0.6 is 34.5 Å². The monoisotopic (exact) mass is 437 g/mol. The first-order chi connectivity index (χ1) is 13.4. The number of amides is 1. The summed E-state index contributed by atoms with van der Waals surface area (Å²) in [7, 11) is 0. The number of thiophene rings is 1. The minimum atomic E-state index is -1.06. The molecule has 2 aromatic heterocycles. The van der Waals surface area contributed by atoms with E-state index in [4.69, 9.17) is 27.9 Å². The molecule has 1 unspecified atom stereocenters. The lowest BCUT2D eigenvalue weighted by Crippen LogP contribution is -2.30. The van der Waals surface area contributed by atoms with Crippen molar-refractivity contribution in [2.24, 2.45) is 0 Å². The van der Waals surface area contributed by atoms with E-state index in [0.717, 1.165) is 42.5 Å². The van der Waals surface area contributed by atoms with E-state index in [1.54, 1.807) is 0 Å². The molecule has 1 N–H and O–H groups in total. The molecule has 2 aromatic rings. The Labute approximate surface area is 176 Å². The molecule has 0 spiro atoms. The van der Waals surface area contributed by atoms with E-state index >= 15 is 0 Å². The smallest absolute Gasteiger partial charge is 0.340 e. The number of carbonyl (C=O) groups is 2. The number of carbonyl (C=O) groups excluding carboxylic acids is 2. The molecule has 6 nitrogen and oxygen atoms in total. The fraction of sp³-hybridized carbons (Fsp3) is 0.368. The molecule has 1 aliphatic rings. The molecule has 0 aliphatic heterocycles. The van der Waals surface area contributed by atoms with Gasteiger partial charge in [-0.2, -0.15) is 5.26 Å². The second-order valence-electron chi connectivity index (χ2n) is 6.41. The van der Waals surface area contributed by atoms with Crippen LogP contribution in [0, 0.1) is 11.3 Å². The van der Waals surface area contributed by atoms with Crippen molar-refractivity contribution in [2.75, 3.05) is 5.32 Å². The van der Waals surface area contributed by atoms with E-state index in [9.17, 15) is 14.9 Å². The lowest BCUT2D eigenvalue weighted by atomic mass is 10.1. The third-order valence-corrected chi connectivity index (χ3v) is 6.35. The maximum Gasteiger partial charge on any atom is 0.340 e. The van der Waals surface area contributed by atoms with Crippen LogP contribution < -0.4 is 5.32 Å². The highest BCUT2D eigenvalue weighted by Gasteiger charge is 2.24. The molecule has 9 heteroatoms. The summed E-state index contributed by atoms with van der Waals surface area (Å²) < 4.78 is 5.19. The van der Waals surface area contributed by atoms with E-state index in [0.29, 0.717) is 10.6 Å². The fourth-order valence-electron chi connectivity index (χ4n) is 2.98. The number of ether oxygens (including phenoxy) is 1. The van der Waals surface area contributed by atoms with Crippen molar-refractivity contribution >= 4 is 51.4 Å². The number of aryl methyl sites for hydroxylation is 1. The molecule has 146 valence electrons. The summed E-state index contributed by atoms with van der Waals surface area (Å²) >= 11 is 13.0. The second kappa shape index (κ2) is 8.91. The van der Waals surface area contributed by atoms with Crippen LogP contribution in [0.1, 0.15) is 52.5 Å². The van der Waals surface area contributed by atoms with Crippen LogP contribution in [0.15, 0.2) is 12.3 Å². The number of hydrogen-bond acceptors (Lipinski definition) is 6. The van der Waals surface area contributed by atoms with Gasteiger partial charge in [-0.25, -0.2) is 9.78 Å². The van der Waals surface area contributed by atoms with Gasteiger partial charge in [0.05, 0.1) is 16.1 Å². The maximum absolute atomic E-state index is 12.5. The van der Waals surface area contributed by atoms with Crippen LogP contribution in [0.4, 0.5) is 5.00 Å². The molecule has 0 bridgehead atoms. The average molecular weight is 438 g/mol. The molecule has 2 heterocycles. The third-order valence-electron chi connectivity index (χ3n) is 4.45. The molecular formula is C19H17Cl2N3O3S. The van der Waals surface area contributed by atoms with Crippen LogP contribution in [-0.4, -0.2) is 23.0 Å². The van der Waals surface area contributed by atoms with Crippen LogP contribution in [0.5, 0.6) is 0 Å². The predicted molar refractivity (Wildman–Crippen MR) is 108 cm³/mol. The highest BCUT2D eigenvalue weighted by molar-refractivity contribution is 7.16. The average Bonchev–Trinajstić information content (AvgIpc) is 2.83. The first-order valence-electron chi connectivity index (χ1n) is 8.78. The predicted octanol–water partition coefficient (Wildman–Crippen LogP) is 4.77. The van der Waals surface area contributed by atoms with Gasteiger partial charge in [-0.15, -0.1) is 11.3 Å². The molecular weight excluding hydrogens is 421 g/mol. The van der Waals surface area contributed by atoms with Gasteiger partial charge in [-0.3, -0.25) is 4.79 Å². The number of pyridine rings is 1. The largest absolute Gasteiger partial charge is 0.449 e. The van der Waals surface area contributed by atoms with E-state index in [1.807, 2.05) is 0 Å². The van der Waals surface area contributed by atoms with Crippen molar-refractivity contribution in [2.45, 2.75) is 45.1 Å². The number of fused-ring (bicyclic) bond motifs is 1. The molecule has 28 heavy (non-hydrogen) atoms. The van der Waals surface area contributed by atoms with Crippen molar-refractivity contribution in [1.82, 2.24) is 4.98 Å². The standard InChI is InChI=1S/C19H17Cl2N3O3S/c1-10(27-19(26)11-7-14(20)16(21)23-9-11)17(25)24-18-13(8-22)12-5-3-2-4-6-15(12)28-18/h7,9-10H,2-6H2,1H3,(H,24,25). The third kappa shape index (κ3) is 4.46. The molecule has 1 atom stereocenters. The number of halogens is 2. The van der Waals surface area contributed by atoms with Crippen LogP contribution in [0.2, 0.25) is 10.2 Å². The Balaban J connectivity index is 1.70. The molecule has 1 amide bonds. The van der Waals surface area contributed by atoms with Crippen molar-refractivity contribution in [3.63, 3.8) is 0 Å². The van der Waals surface area contributed by atoms with Crippen molar-refractivity contribution in [1.29, 1.82) is 5.26 Å². The van der Waals surface area contributed by atoms with Crippen LogP contribution in [0.3, 0.4) is 0 Å². The number of anilines is 1. The van der Waals surface area contributed by atoms with Gasteiger partial charge in [0.15, 0.2) is 6.10 Å². The van der Waals surface area contributed by atoms with Crippen molar-refractivity contribution in [3.05, 3.63) is 44.0 Å². The van der Waals surface area contributed by atoms with Gasteiger partial charge >= 0.3 is 5.97 Å². The Kier molecular flexibility index (Phi) is 6.55. The molecule has 1 aliphatic carbocycles. The Morgan fingerprint density at radius 3 is 2.79 bits per heavy atom. The first-order valence-corrected chi connectivity index (χ1v) is 10.4. The van der Waals surface area contributed by atoms with Gasteiger partial charge in [0.1, 0.15) is 16.2 Å². The molecule has 0 saturated carbocycles. The van der Waals surface area contributed by atoms with Gasteiger partial charge in [-0.1, -0.05) is 29.6 Å². The van der Waals surface area contributed by atoms with E-state index in [1.165, 1.54) is 30.5 Å². The number of nitriles is 1. The summed E-state index contributed by atoms with van der Waals surface area (Å²) in [6, 6.07) is 3.53. The SMILES string of the molecule is CC(OC(=O)c1cnc(Cl)c(Cl)c1)C(=O)Nc1sc2c(c1C#N)CCCCC2. The summed E-state index contributed by atoms with van der Waals surface area (Å²) in [5, 5.41) is 13.0. The van der Waals surface area contributed by atoms with Crippen molar-refractivity contribution < 1.29 is 14.3 Å². The topological polar surface area (TPSA) is 92.1 Å². The summed E-state index contributed by atoms with van der Waals surface area (Å²) in [5.74, 6) is -1.24. The lowest BCUT2D eigenvalue weighted by Gasteiger charge is -2.13. The van der Waals surface area contributed by atoms with E-state index in [-0.39, 0.29) is 15.7 Å². The van der Waals surface area contributed by atoms with E-state index in [2.05, 4.69) is 16.4 Å². The summed E-state index contributed by atoms with van der Waals surface area (Å²) in [4.78, 5) is 29.6. The summed E-state index contributed by atoms with van der Waals surface area (Å²) in [6.07, 6.45) is 5.19. The number of hydrogen-bond donors (Lipinski definition) is 1. The minimum absolute atomic E-state index is 0.0745. The second-order valence-corrected chi connectivity index (χ2v) is 8.28. The number of esters is 1. The van der Waals surface area contributed by atoms with Gasteiger partial charge in [0.2, 0.25) is 0 Å². The molecule has 0 fully saturated rings. The first kappa shape index (κ1) is 20.6. The Morgan fingerprint density at radius 1 is 1.32 bits per heavy atom. The minimum Gasteiger partial charge on any atom is -0.449 e. The quantitative estimate of drug-likeness (QED) is 0.422. The number of nitrogens with one attached hydrogen (secondary N) is 1. The van der Waals surface area contributed by atoms with E-state index < -0.39 is 18.0 Å². The zero-order valence-electron chi connectivity index (χ0n) is 15.1. The van der Waals surface area contributed by atoms with Gasteiger partial charge < -0.3 is 10.1 Å². The molecule has 0 aromatic carbocycles. The fourth-order valence-corrected chi connectivity index (χ4v) is 4.49. The lowest BCUT2D eigenvalue weighted by molar-refractivity contribution is -0.123. The highest BCUT2D eigenvalue weighted by atomic mass is 35.5. The number of aromatic nitrogens is 1. The molecule has 3 rings (SSSR count). The van der Waals surface area contributed by atoms with Gasteiger partial charge in [-0.05, 0) is 44.2 Å². The maximum atomic E-state index is 12.5. The molecule has 0 saturated heterocycles. The van der Waals surface area contributed by atoms with Crippen molar-refractivity contribution in [3.8, 4) is 6.07 Å². The van der Waals surface area contributed by atoms with Crippen LogP contribution in [0.25, 0.3) is 0 Å². The zero-order chi connectivity index (χ0) is 20.3. The number of nitrogens with zero attached hydrogens (tertiary/aromatic N) is 2. The Bertz CT molecular complexity index is 968. The van der Waals surface area contributed by atoms with Crippen LogP contribution in [-0.2, 0) is 22.4 Å². The van der Waals surface area contributed by atoms with Gasteiger partial charge in [0, 0.05) is 11.1 Å². The Hall–Kier alpha value is -2.14. The summed E-state index contributed by atoms with van der Waals surface area (Å²) in [6.45, 7) is 1.46. The normalized spacial score (nSPS) is 14.4. The Morgan fingerprint density at radius 2 is 2.07 bits per heavy atom. The van der Waals surface area contributed by atoms with Gasteiger partial charge in [0.25, 0.3) is 5.91 Å². The highest BCUT2D eigenvalue weighted by Crippen LogP contribution is 2.37.